The van der Waals surface area contributed by atoms with Crippen molar-refractivity contribution in [3.8, 4) is 5.75 Å². The molecule has 106 valence electrons. The number of nitrogens with zero attached hydrogens (tertiary/aromatic N) is 1. The summed E-state index contributed by atoms with van der Waals surface area (Å²) in [7, 11) is 0. The number of likely N-dealkylation sites (N-methyl/N-ethyl adjacent to an activating group) is 1. The first-order chi connectivity index (χ1) is 9.17. The number of aliphatic hydroxyl groups excluding tert-OH is 1. The van der Waals surface area contributed by atoms with E-state index in [1.807, 2.05) is 24.3 Å². The molecule has 0 fully saturated rings. The highest BCUT2D eigenvalue weighted by Gasteiger charge is 2.33. The van der Waals surface area contributed by atoms with Crippen LogP contribution >= 0.6 is 0 Å². The van der Waals surface area contributed by atoms with Gasteiger partial charge in [0.15, 0.2) is 0 Å². The third-order valence-corrected chi connectivity index (χ3v) is 4.13. The third kappa shape index (κ3) is 3.10. The molecule has 0 aromatic heterocycles. The van der Waals surface area contributed by atoms with E-state index in [2.05, 4.69) is 25.7 Å². The Bertz CT molecular complexity index is 407. The fraction of sp³-hybridized carbons (Fsp3) is 0.625. The zero-order valence-corrected chi connectivity index (χ0v) is 12.2. The molecule has 0 saturated heterocycles. The Labute approximate surface area is 116 Å². The fourth-order valence-corrected chi connectivity index (χ4v) is 2.66. The van der Waals surface area contributed by atoms with Gasteiger partial charge in [0.05, 0.1) is 6.04 Å². The molecule has 1 aliphatic rings. The molecule has 0 bridgehead atoms. The van der Waals surface area contributed by atoms with Crippen LogP contribution in [0.15, 0.2) is 24.3 Å². The number of ether oxygens (including phenoxy) is 1. The molecule has 1 aromatic rings. The largest absolute Gasteiger partial charge is 0.491 e. The minimum atomic E-state index is -0.450. The summed E-state index contributed by atoms with van der Waals surface area (Å²) in [5.74, 6) is 1.47. The van der Waals surface area contributed by atoms with Crippen LogP contribution in [0.25, 0.3) is 0 Å². The van der Waals surface area contributed by atoms with Gasteiger partial charge in [0.1, 0.15) is 18.5 Å². The van der Waals surface area contributed by atoms with E-state index in [-0.39, 0.29) is 6.04 Å². The number of hydrogen-bond donors (Lipinski definition) is 1. The maximum atomic E-state index is 10.6. The topological polar surface area (TPSA) is 32.7 Å². The van der Waals surface area contributed by atoms with Crippen molar-refractivity contribution in [3.63, 3.8) is 0 Å². The van der Waals surface area contributed by atoms with Gasteiger partial charge in [0, 0.05) is 12.1 Å². The standard InChI is InChI=1S/C16H25NO2/c1-4-12(3)10-17(5-2)14-11-19-15-9-7-6-8-13(15)16(14)18/h6-9,12,14,16,18H,4-5,10-11H2,1-3H3. The average Bonchev–Trinajstić information content (AvgIpc) is 2.45. The smallest absolute Gasteiger partial charge is 0.125 e. The number of rotatable bonds is 5. The summed E-state index contributed by atoms with van der Waals surface area (Å²) < 4.78 is 5.80. The van der Waals surface area contributed by atoms with Gasteiger partial charge < -0.3 is 9.84 Å². The SMILES string of the molecule is CCC(C)CN(CC)C1COc2ccccc2C1O. The molecule has 1 heterocycles. The highest BCUT2D eigenvalue weighted by atomic mass is 16.5. The van der Waals surface area contributed by atoms with E-state index in [1.54, 1.807) is 0 Å². The second-order valence-electron chi connectivity index (χ2n) is 5.46. The molecule has 2 rings (SSSR count). The second kappa shape index (κ2) is 6.40. The summed E-state index contributed by atoms with van der Waals surface area (Å²) in [6.45, 7) is 9.14. The van der Waals surface area contributed by atoms with E-state index < -0.39 is 6.10 Å². The molecule has 0 amide bonds. The summed E-state index contributed by atoms with van der Waals surface area (Å²) in [6, 6.07) is 7.86. The average molecular weight is 263 g/mol. The monoisotopic (exact) mass is 263 g/mol. The van der Waals surface area contributed by atoms with Crippen LogP contribution in [0.1, 0.15) is 38.9 Å². The number of benzene rings is 1. The molecular weight excluding hydrogens is 238 g/mol. The van der Waals surface area contributed by atoms with E-state index in [0.717, 1.165) is 30.8 Å². The van der Waals surface area contributed by atoms with Gasteiger partial charge in [-0.15, -0.1) is 0 Å². The van der Waals surface area contributed by atoms with Crippen molar-refractivity contribution in [2.45, 2.75) is 39.3 Å². The lowest BCUT2D eigenvalue weighted by Gasteiger charge is -2.38. The van der Waals surface area contributed by atoms with Crippen LogP contribution in [0.2, 0.25) is 0 Å². The van der Waals surface area contributed by atoms with Crippen LogP contribution in [0.4, 0.5) is 0 Å². The maximum Gasteiger partial charge on any atom is 0.125 e. The van der Waals surface area contributed by atoms with E-state index in [9.17, 15) is 5.11 Å². The molecule has 1 aromatic carbocycles. The van der Waals surface area contributed by atoms with Crippen LogP contribution in [0.3, 0.4) is 0 Å². The molecular formula is C16H25NO2. The lowest BCUT2D eigenvalue weighted by atomic mass is 9.96. The Morgan fingerprint density at radius 2 is 2.11 bits per heavy atom. The molecule has 19 heavy (non-hydrogen) atoms. The van der Waals surface area contributed by atoms with Gasteiger partial charge in [-0.3, -0.25) is 4.90 Å². The van der Waals surface area contributed by atoms with Crippen molar-refractivity contribution in [2.24, 2.45) is 5.92 Å². The summed E-state index contributed by atoms with van der Waals surface area (Å²) in [6.07, 6.45) is 0.713. The normalized spacial score (nSPS) is 23.8. The Kier molecular flexibility index (Phi) is 4.83. The van der Waals surface area contributed by atoms with Crippen molar-refractivity contribution in [1.29, 1.82) is 0 Å². The van der Waals surface area contributed by atoms with Gasteiger partial charge in [0.2, 0.25) is 0 Å². The zero-order valence-electron chi connectivity index (χ0n) is 12.2. The Balaban J connectivity index is 2.13. The summed E-state index contributed by atoms with van der Waals surface area (Å²) in [4.78, 5) is 2.34. The highest BCUT2D eigenvalue weighted by Crippen LogP contribution is 2.34. The molecule has 0 spiro atoms. The predicted octanol–water partition coefficient (Wildman–Crippen LogP) is 2.85. The molecule has 3 unspecified atom stereocenters. The van der Waals surface area contributed by atoms with Crippen LogP contribution < -0.4 is 4.74 Å². The maximum absolute atomic E-state index is 10.6. The van der Waals surface area contributed by atoms with Crippen LogP contribution in [0.5, 0.6) is 5.75 Å². The van der Waals surface area contributed by atoms with Crippen LogP contribution in [0, 0.1) is 5.92 Å². The van der Waals surface area contributed by atoms with Crippen molar-refractivity contribution < 1.29 is 9.84 Å². The van der Waals surface area contributed by atoms with Gasteiger partial charge in [-0.2, -0.15) is 0 Å². The van der Waals surface area contributed by atoms with Gasteiger partial charge in [-0.1, -0.05) is 45.4 Å². The number of hydrogen-bond acceptors (Lipinski definition) is 3. The first kappa shape index (κ1) is 14.4. The van der Waals surface area contributed by atoms with Crippen molar-refractivity contribution in [3.05, 3.63) is 29.8 Å². The molecule has 3 nitrogen and oxygen atoms in total. The summed E-state index contributed by atoms with van der Waals surface area (Å²) in [5.41, 5.74) is 0.918. The minimum Gasteiger partial charge on any atom is -0.491 e. The van der Waals surface area contributed by atoms with Crippen molar-refractivity contribution in [1.82, 2.24) is 4.90 Å². The molecule has 1 N–H and O–H groups in total. The molecule has 3 atom stereocenters. The fourth-order valence-electron chi connectivity index (χ4n) is 2.66. The lowest BCUT2D eigenvalue weighted by molar-refractivity contribution is -0.000105. The first-order valence-corrected chi connectivity index (χ1v) is 7.31. The van der Waals surface area contributed by atoms with E-state index >= 15 is 0 Å². The van der Waals surface area contributed by atoms with Crippen molar-refractivity contribution >= 4 is 0 Å². The van der Waals surface area contributed by atoms with E-state index in [1.165, 1.54) is 0 Å². The number of fused-ring (bicyclic) bond motifs is 1. The molecule has 0 saturated carbocycles. The molecule has 0 aliphatic carbocycles. The Hall–Kier alpha value is -1.06. The van der Waals surface area contributed by atoms with E-state index in [0.29, 0.717) is 12.5 Å². The first-order valence-electron chi connectivity index (χ1n) is 7.31. The lowest BCUT2D eigenvalue weighted by Crippen LogP contribution is -2.47. The van der Waals surface area contributed by atoms with E-state index in [4.69, 9.17) is 4.74 Å². The minimum absolute atomic E-state index is 0.0638. The second-order valence-corrected chi connectivity index (χ2v) is 5.46. The number of para-hydroxylation sites is 1. The van der Waals surface area contributed by atoms with Gasteiger partial charge in [-0.25, -0.2) is 0 Å². The quantitative estimate of drug-likeness (QED) is 0.886. The third-order valence-electron chi connectivity index (χ3n) is 4.13. The van der Waals surface area contributed by atoms with Gasteiger partial charge >= 0.3 is 0 Å². The zero-order chi connectivity index (χ0) is 13.8. The van der Waals surface area contributed by atoms with Gasteiger partial charge in [-0.05, 0) is 18.5 Å². The molecule has 0 radical (unpaired) electrons. The molecule has 1 aliphatic heterocycles. The number of aliphatic hydroxyl groups is 1. The Morgan fingerprint density at radius 3 is 2.79 bits per heavy atom. The van der Waals surface area contributed by atoms with Crippen molar-refractivity contribution in [2.75, 3.05) is 19.7 Å². The highest BCUT2D eigenvalue weighted by molar-refractivity contribution is 5.37. The summed E-state index contributed by atoms with van der Waals surface area (Å²) in [5, 5.41) is 10.6. The Morgan fingerprint density at radius 1 is 1.37 bits per heavy atom. The van der Waals surface area contributed by atoms with Crippen LogP contribution in [-0.2, 0) is 0 Å². The summed E-state index contributed by atoms with van der Waals surface area (Å²) >= 11 is 0. The predicted molar refractivity (Wildman–Crippen MR) is 77.4 cm³/mol. The van der Waals surface area contributed by atoms with Crippen LogP contribution in [-0.4, -0.2) is 35.7 Å². The van der Waals surface area contributed by atoms with Gasteiger partial charge in [0.25, 0.3) is 0 Å². The molecule has 3 heteroatoms.